The summed E-state index contributed by atoms with van der Waals surface area (Å²) in [6, 6.07) is 3.43. The molecule has 0 aromatic heterocycles. The van der Waals surface area contributed by atoms with E-state index in [1.54, 1.807) is 26.2 Å². The molecule has 1 aromatic rings. The summed E-state index contributed by atoms with van der Waals surface area (Å²) in [7, 11) is 4.44. The number of hydrogen-bond acceptors (Lipinski definition) is 9. The van der Waals surface area contributed by atoms with E-state index in [0.717, 1.165) is 0 Å². The second kappa shape index (κ2) is 7.16. The number of fused-ring (bicyclic) bond motifs is 3. The van der Waals surface area contributed by atoms with E-state index in [4.69, 9.17) is 10.5 Å². The number of carbonyl (C=O) groups is 3. The third-order valence-corrected chi connectivity index (χ3v) is 6.78. The van der Waals surface area contributed by atoms with Gasteiger partial charge in [0, 0.05) is 18.6 Å². The lowest BCUT2D eigenvalue weighted by Crippen LogP contribution is -2.68. The van der Waals surface area contributed by atoms with E-state index >= 15 is 0 Å². The van der Waals surface area contributed by atoms with Gasteiger partial charge in [-0.1, -0.05) is 12.1 Å². The number of primary amides is 1. The number of likely N-dealkylation sites (N-methyl/N-ethyl adjacent to an activating group) is 1. The largest absolute Gasteiger partial charge is 0.510 e. The Labute approximate surface area is 183 Å². The average Bonchev–Trinajstić information content (AvgIpc) is 2.70. The summed E-state index contributed by atoms with van der Waals surface area (Å²) in [6.45, 7) is 0. The molecule has 10 nitrogen and oxygen atoms in total. The fourth-order valence-electron chi connectivity index (χ4n) is 5.48. The van der Waals surface area contributed by atoms with E-state index in [2.05, 4.69) is 0 Å². The number of aliphatic hydroxyl groups is 3. The number of nitrogens with two attached hydrogens (primary N) is 1. The van der Waals surface area contributed by atoms with Gasteiger partial charge in [0.15, 0.2) is 11.4 Å². The van der Waals surface area contributed by atoms with Crippen molar-refractivity contribution in [2.45, 2.75) is 24.2 Å². The fourth-order valence-corrected chi connectivity index (χ4v) is 5.48. The van der Waals surface area contributed by atoms with Crippen LogP contribution < -0.4 is 5.73 Å². The van der Waals surface area contributed by atoms with Crippen LogP contribution in [0, 0.1) is 11.8 Å². The van der Waals surface area contributed by atoms with Gasteiger partial charge in [0.25, 0.3) is 5.91 Å². The van der Waals surface area contributed by atoms with Crippen molar-refractivity contribution in [3.05, 3.63) is 52.0 Å². The molecule has 0 unspecified atom stereocenters. The van der Waals surface area contributed by atoms with Crippen LogP contribution in [0.15, 0.2) is 40.9 Å². The highest BCUT2D eigenvalue weighted by molar-refractivity contribution is 6.24. The number of carbonyl (C=O) groups excluding carboxylic acids is 3. The van der Waals surface area contributed by atoms with Gasteiger partial charge in [-0.05, 0) is 32.1 Å². The summed E-state index contributed by atoms with van der Waals surface area (Å²) in [5.74, 6) is -7.27. The first kappa shape index (κ1) is 22.0. The van der Waals surface area contributed by atoms with Crippen LogP contribution in [0.2, 0.25) is 0 Å². The Morgan fingerprint density at radius 3 is 2.44 bits per heavy atom. The Kier molecular flexibility index (Phi) is 4.92. The van der Waals surface area contributed by atoms with Gasteiger partial charge in [0.1, 0.15) is 22.8 Å². The van der Waals surface area contributed by atoms with Gasteiger partial charge in [0.2, 0.25) is 5.78 Å². The van der Waals surface area contributed by atoms with Gasteiger partial charge in [0.05, 0.1) is 23.6 Å². The molecule has 6 N–H and O–H groups in total. The van der Waals surface area contributed by atoms with Crippen LogP contribution in [0.1, 0.15) is 15.9 Å². The third kappa shape index (κ3) is 2.60. The number of ketones is 2. The first-order valence-corrected chi connectivity index (χ1v) is 9.96. The van der Waals surface area contributed by atoms with Crippen molar-refractivity contribution in [3.8, 4) is 5.75 Å². The van der Waals surface area contributed by atoms with Crippen molar-refractivity contribution < 1.29 is 39.5 Å². The fraction of sp³-hybridized carbons (Fsp3) is 0.409. The summed E-state index contributed by atoms with van der Waals surface area (Å²) < 4.78 is 5.66. The molecule has 0 fully saturated rings. The molecular formula is C22H24N2O8. The molecule has 0 saturated carbocycles. The van der Waals surface area contributed by atoms with E-state index in [1.165, 1.54) is 18.1 Å². The van der Waals surface area contributed by atoms with Gasteiger partial charge in [-0.25, -0.2) is 0 Å². The number of aliphatic hydroxyl groups excluding tert-OH is 2. The van der Waals surface area contributed by atoms with Gasteiger partial charge in [-0.3, -0.25) is 19.3 Å². The molecule has 10 heteroatoms. The second-order valence-corrected chi connectivity index (χ2v) is 8.57. The molecule has 0 spiro atoms. The average molecular weight is 444 g/mol. The number of rotatable bonds is 3. The van der Waals surface area contributed by atoms with E-state index < -0.39 is 64.1 Å². The number of amides is 1. The van der Waals surface area contributed by atoms with Gasteiger partial charge < -0.3 is 30.9 Å². The highest BCUT2D eigenvalue weighted by Crippen LogP contribution is 2.52. The lowest BCUT2D eigenvalue weighted by atomic mass is 9.57. The number of hydrogen-bond donors (Lipinski definition) is 5. The molecular weight excluding hydrogens is 420 g/mol. The number of phenolic OH excluding ortho intramolecular Hbond substituents is 1. The van der Waals surface area contributed by atoms with E-state index in [0.29, 0.717) is 5.56 Å². The van der Waals surface area contributed by atoms with Crippen LogP contribution >= 0.6 is 0 Å². The zero-order valence-corrected chi connectivity index (χ0v) is 17.7. The summed E-state index contributed by atoms with van der Waals surface area (Å²) >= 11 is 0. The van der Waals surface area contributed by atoms with Crippen LogP contribution in [0.25, 0.3) is 0 Å². The van der Waals surface area contributed by atoms with Crippen LogP contribution in [-0.4, -0.2) is 81.8 Å². The van der Waals surface area contributed by atoms with Crippen LogP contribution in [0.4, 0.5) is 0 Å². The number of phenols is 1. The summed E-state index contributed by atoms with van der Waals surface area (Å²) in [5.41, 5.74) is 1.91. The van der Waals surface area contributed by atoms with Crippen LogP contribution in [-0.2, 0) is 20.7 Å². The van der Waals surface area contributed by atoms with E-state index in [-0.39, 0.29) is 23.3 Å². The Balaban J connectivity index is 2.05. The zero-order chi connectivity index (χ0) is 23.7. The minimum Gasteiger partial charge on any atom is -0.510 e. The zero-order valence-electron chi connectivity index (χ0n) is 17.7. The lowest BCUT2D eigenvalue weighted by Gasteiger charge is -2.53. The Morgan fingerprint density at radius 2 is 1.88 bits per heavy atom. The predicted molar refractivity (Wildman–Crippen MR) is 110 cm³/mol. The molecule has 32 heavy (non-hydrogen) atoms. The molecule has 170 valence electrons. The molecule has 0 aliphatic heterocycles. The van der Waals surface area contributed by atoms with Gasteiger partial charge >= 0.3 is 0 Å². The molecule has 0 saturated heterocycles. The highest BCUT2D eigenvalue weighted by Gasteiger charge is 2.66. The maximum atomic E-state index is 13.3. The third-order valence-electron chi connectivity index (χ3n) is 6.78. The van der Waals surface area contributed by atoms with Crippen LogP contribution in [0.3, 0.4) is 0 Å². The Morgan fingerprint density at radius 1 is 1.22 bits per heavy atom. The number of methoxy groups -OCH3 is 1. The van der Waals surface area contributed by atoms with Crippen molar-refractivity contribution >= 4 is 17.5 Å². The summed E-state index contributed by atoms with van der Waals surface area (Å²) in [6.07, 6.45) is -0.847. The highest BCUT2D eigenvalue weighted by atomic mass is 16.5. The molecule has 4 rings (SSSR count). The smallest absolute Gasteiger partial charge is 0.255 e. The number of nitrogens with zero attached hydrogens (tertiary/aromatic N) is 1. The van der Waals surface area contributed by atoms with E-state index in [9.17, 15) is 34.8 Å². The maximum Gasteiger partial charge on any atom is 0.255 e. The summed E-state index contributed by atoms with van der Waals surface area (Å²) in [5, 5.41) is 43.9. The van der Waals surface area contributed by atoms with Gasteiger partial charge in [-0.2, -0.15) is 0 Å². The first-order valence-electron chi connectivity index (χ1n) is 9.96. The molecule has 5 atom stereocenters. The van der Waals surface area contributed by atoms with Gasteiger partial charge in [-0.15, -0.1) is 0 Å². The number of aromatic hydroxyl groups is 1. The number of ether oxygens (including phenoxy) is 1. The standard InChI is InChI=1S/C22H24N2O8/c1-24(2)15-14-18(32-3)9-7-8-5-4-6-10(25)11(8)16(26)12(9)19(28)22(14,31)20(29)13(17(15)27)21(23)30/h4-6,9,14-15,18,25,27-28,31H,7H2,1-3H3,(H2,23,30)/t9-,14-,15+,18+,22+/m1/s1. The molecule has 1 amide bonds. The second-order valence-electron chi connectivity index (χ2n) is 8.57. The van der Waals surface area contributed by atoms with Crippen molar-refractivity contribution in [1.29, 1.82) is 0 Å². The Bertz CT molecular complexity index is 1120. The number of benzene rings is 1. The molecule has 0 bridgehead atoms. The minimum atomic E-state index is -2.75. The van der Waals surface area contributed by atoms with Crippen molar-refractivity contribution in [2.75, 3.05) is 21.2 Å². The van der Waals surface area contributed by atoms with Crippen LogP contribution in [0.5, 0.6) is 5.75 Å². The van der Waals surface area contributed by atoms with E-state index in [1.807, 2.05) is 0 Å². The molecule has 3 aliphatic rings. The summed E-state index contributed by atoms with van der Waals surface area (Å²) in [4.78, 5) is 40.1. The Hall–Kier alpha value is -3.21. The first-order chi connectivity index (χ1) is 15.0. The van der Waals surface area contributed by atoms with Crippen molar-refractivity contribution in [3.63, 3.8) is 0 Å². The molecule has 1 aromatic carbocycles. The van der Waals surface area contributed by atoms with Crippen molar-refractivity contribution in [1.82, 2.24) is 4.90 Å². The normalized spacial score (nSPS) is 32.0. The maximum absolute atomic E-state index is 13.3. The number of Topliss-reactive ketones (excluding diaryl/α,β-unsaturated/α-hetero) is 2. The molecule has 3 aliphatic carbocycles. The predicted octanol–water partition coefficient (Wildman–Crippen LogP) is -0.254. The van der Waals surface area contributed by atoms with Crippen molar-refractivity contribution in [2.24, 2.45) is 17.6 Å². The minimum absolute atomic E-state index is 0.0388. The quantitative estimate of drug-likeness (QED) is 0.394. The SMILES string of the molecule is CO[C@@H]1[C@H]2[C@H](N(C)C)C(O)=C(C(N)=O)C(=O)[C@@]2(O)C(O)=C2C(=O)c3c(O)cccc3C[C@H]21. The molecule has 0 radical (unpaired) electrons. The monoisotopic (exact) mass is 444 g/mol. The molecule has 0 heterocycles. The lowest BCUT2D eigenvalue weighted by molar-refractivity contribution is -0.164. The topological polar surface area (TPSA) is 171 Å².